The molecule has 128 valence electrons. The third kappa shape index (κ3) is 5.73. The van der Waals surface area contributed by atoms with Crippen molar-refractivity contribution in [2.24, 2.45) is 0 Å². The average molecular weight is 343 g/mol. The molecule has 6 nitrogen and oxygen atoms in total. The monoisotopic (exact) mass is 342 g/mol. The van der Waals surface area contributed by atoms with E-state index in [1.54, 1.807) is 25.1 Å². The van der Waals surface area contributed by atoms with E-state index >= 15 is 0 Å². The van der Waals surface area contributed by atoms with Gasteiger partial charge in [-0.25, -0.2) is 0 Å². The molecule has 0 saturated heterocycles. The van der Waals surface area contributed by atoms with Gasteiger partial charge in [0, 0.05) is 11.6 Å². The number of amides is 2. The van der Waals surface area contributed by atoms with Gasteiger partial charge < -0.3 is 20.3 Å². The molecule has 0 bridgehead atoms. The van der Waals surface area contributed by atoms with E-state index < -0.39 is 0 Å². The maximum Gasteiger partial charge on any atom is 0.282 e. The van der Waals surface area contributed by atoms with Crippen LogP contribution in [-0.4, -0.2) is 44.6 Å². The summed E-state index contributed by atoms with van der Waals surface area (Å²) in [6, 6.07) is 4.65. The third-order valence-corrected chi connectivity index (χ3v) is 3.88. The van der Waals surface area contributed by atoms with Gasteiger partial charge in [0.15, 0.2) is 12.6 Å². The van der Waals surface area contributed by atoms with Crippen LogP contribution in [0.4, 0.5) is 5.69 Å². The Morgan fingerprint density at radius 2 is 2.04 bits per heavy atom. The van der Waals surface area contributed by atoms with Gasteiger partial charge in [0.05, 0.1) is 19.3 Å². The van der Waals surface area contributed by atoms with Crippen molar-refractivity contribution < 1.29 is 19.2 Å². The molecule has 0 aliphatic carbocycles. The summed E-state index contributed by atoms with van der Waals surface area (Å²) in [6.07, 6.45) is 0. The van der Waals surface area contributed by atoms with Crippen molar-refractivity contribution in [2.45, 2.75) is 26.8 Å². The maximum atomic E-state index is 12.5. The summed E-state index contributed by atoms with van der Waals surface area (Å²) in [5.41, 5.74) is 0.519. The number of ether oxygens (including phenoxy) is 1. The summed E-state index contributed by atoms with van der Waals surface area (Å²) in [4.78, 5) is 25.1. The van der Waals surface area contributed by atoms with E-state index in [1.807, 2.05) is 13.8 Å². The molecule has 0 spiro atoms. The molecule has 3 N–H and O–H groups in total. The fraction of sp³-hybridized carbons (Fsp3) is 0.500. The van der Waals surface area contributed by atoms with Crippen LogP contribution in [0.1, 0.15) is 20.8 Å². The second kappa shape index (κ2) is 9.37. The Morgan fingerprint density at radius 1 is 1.35 bits per heavy atom. The van der Waals surface area contributed by atoms with Gasteiger partial charge in [-0.15, -0.1) is 0 Å². The number of nitrogens with one attached hydrogen (secondary N) is 3. The summed E-state index contributed by atoms with van der Waals surface area (Å²) in [6.45, 7) is 7.11. The van der Waals surface area contributed by atoms with Gasteiger partial charge in [-0.3, -0.25) is 9.59 Å². The SMILES string of the molecule is CCNC(=O)C[NH+](CC)[C@@H](C)C(=O)Nc1cc(Cl)ccc1OC. The quantitative estimate of drug-likeness (QED) is 0.652. The van der Waals surface area contributed by atoms with E-state index in [2.05, 4.69) is 10.6 Å². The Hall–Kier alpha value is -1.79. The van der Waals surface area contributed by atoms with Crippen molar-refractivity contribution in [3.63, 3.8) is 0 Å². The summed E-state index contributed by atoms with van der Waals surface area (Å²) < 4.78 is 5.22. The minimum Gasteiger partial charge on any atom is -0.495 e. The number of anilines is 1. The van der Waals surface area contributed by atoms with E-state index in [9.17, 15) is 9.59 Å². The van der Waals surface area contributed by atoms with Crippen LogP contribution < -0.4 is 20.3 Å². The van der Waals surface area contributed by atoms with Crippen molar-refractivity contribution >= 4 is 29.1 Å². The molecule has 1 aromatic carbocycles. The fourth-order valence-electron chi connectivity index (χ4n) is 2.25. The van der Waals surface area contributed by atoms with Crippen molar-refractivity contribution in [1.29, 1.82) is 0 Å². The van der Waals surface area contributed by atoms with Crippen molar-refractivity contribution in [3.8, 4) is 5.75 Å². The van der Waals surface area contributed by atoms with Crippen molar-refractivity contribution in [1.82, 2.24) is 5.32 Å². The molecule has 1 unspecified atom stereocenters. The van der Waals surface area contributed by atoms with Crippen LogP contribution in [0.15, 0.2) is 18.2 Å². The topological polar surface area (TPSA) is 71.9 Å². The predicted molar refractivity (Wildman–Crippen MR) is 91.2 cm³/mol. The Bertz CT molecular complexity index is 551. The number of methoxy groups -OCH3 is 1. The summed E-state index contributed by atoms with van der Waals surface area (Å²) in [5.74, 6) is 0.285. The lowest BCUT2D eigenvalue weighted by molar-refractivity contribution is -0.904. The first-order chi connectivity index (χ1) is 10.9. The highest BCUT2D eigenvalue weighted by Gasteiger charge is 2.26. The van der Waals surface area contributed by atoms with E-state index in [4.69, 9.17) is 16.3 Å². The standard InChI is InChI=1S/C16H24ClN3O3/c1-5-18-15(21)10-20(6-2)11(3)16(22)19-13-9-12(17)7-8-14(13)23-4/h7-9,11H,5-6,10H2,1-4H3,(H,18,21)(H,19,22)/p+1/t11-/m0/s1. The molecule has 7 heteroatoms. The third-order valence-electron chi connectivity index (χ3n) is 3.64. The minimum absolute atomic E-state index is 0.0654. The van der Waals surface area contributed by atoms with Gasteiger partial charge >= 0.3 is 0 Å². The smallest absolute Gasteiger partial charge is 0.282 e. The van der Waals surface area contributed by atoms with Crippen LogP contribution in [-0.2, 0) is 9.59 Å². The van der Waals surface area contributed by atoms with Gasteiger partial charge in [0.2, 0.25) is 0 Å². The molecule has 0 radical (unpaired) electrons. The van der Waals surface area contributed by atoms with Gasteiger partial charge in [0.25, 0.3) is 11.8 Å². The van der Waals surface area contributed by atoms with E-state index in [1.165, 1.54) is 7.11 Å². The molecule has 2 atom stereocenters. The molecule has 0 fully saturated rings. The second-order valence-electron chi connectivity index (χ2n) is 5.20. The van der Waals surface area contributed by atoms with Crippen molar-refractivity contribution in [3.05, 3.63) is 23.2 Å². The molecule has 0 aromatic heterocycles. The van der Waals surface area contributed by atoms with Gasteiger partial charge in [0.1, 0.15) is 5.75 Å². The highest BCUT2D eigenvalue weighted by atomic mass is 35.5. The number of likely N-dealkylation sites (N-methyl/N-ethyl adjacent to an activating group) is 2. The first-order valence-corrected chi connectivity index (χ1v) is 8.06. The lowest BCUT2D eigenvalue weighted by Gasteiger charge is -2.23. The van der Waals surface area contributed by atoms with Crippen LogP contribution in [0, 0.1) is 0 Å². The highest BCUT2D eigenvalue weighted by Crippen LogP contribution is 2.27. The Morgan fingerprint density at radius 3 is 2.61 bits per heavy atom. The molecule has 1 rings (SSSR count). The van der Waals surface area contributed by atoms with Crippen LogP contribution >= 0.6 is 11.6 Å². The number of hydrogen-bond donors (Lipinski definition) is 3. The van der Waals surface area contributed by atoms with Crippen LogP contribution in [0.5, 0.6) is 5.75 Å². The molecule has 0 aliphatic rings. The molecule has 0 heterocycles. The summed E-state index contributed by atoms with van der Waals surface area (Å²) >= 11 is 5.97. The number of carbonyl (C=O) groups excluding carboxylic acids is 2. The largest absolute Gasteiger partial charge is 0.495 e. The number of hydrogen-bond acceptors (Lipinski definition) is 3. The van der Waals surface area contributed by atoms with Crippen molar-refractivity contribution in [2.75, 3.05) is 32.1 Å². The van der Waals surface area contributed by atoms with Gasteiger partial charge in [-0.1, -0.05) is 11.6 Å². The molecular formula is C16H25ClN3O3+. The van der Waals surface area contributed by atoms with E-state index in [-0.39, 0.29) is 24.4 Å². The molecule has 0 aliphatic heterocycles. The molecule has 23 heavy (non-hydrogen) atoms. The summed E-state index contributed by atoms with van der Waals surface area (Å²) in [7, 11) is 1.53. The summed E-state index contributed by atoms with van der Waals surface area (Å²) in [5, 5.41) is 6.08. The number of rotatable bonds is 8. The number of halogens is 1. The number of quaternary nitrogens is 1. The van der Waals surface area contributed by atoms with E-state index in [0.717, 1.165) is 4.90 Å². The fourth-order valence-corrected chi connectivity index (χ4v) is 2.43. The minimum atomic E-state index is -0.383. The van der Waals surface area contributed by atoms with Crippen LogP contribution in [0.2, 0.25) is 5.02 Å². The van der Waals surface area contributed by atoms with Gasteiger partial charge in [-0.2, -0.15) is 0 Å². The zero-order chi connectivity index (χ0) is 17.4. The Balaban J connectivity index is 2.79. The number of benzene rings is 1. The zero-order valence-electron chi connectivity index (χ0n) is 14.0. The number of carbonyl (C=O) groups is 2. The maximum absolute atomic E-state index is 12.5. The Labute approximate surface area is 142 Å². The lowest BCUT2D eigenvalue weighted by atomic mass is 10.2. The van der Waals surface area contributed by atoms with Gasteiger partial charge in [-0.05, 0) is 39.0 Å². The predicted octanol–water partition coefficient (Wildman–Crippen LogP) is 0.717. The molecular weight excluding hydrogens is 318 g/mol. The Kier molecular flexibility index (Phi) is 7.85. The van der Waals surface area contributed by atoms with E-state index in [0.29, 0.717) is 29.5 Å². The molecule has 2 amide bonds. The molecule has 1 aromatic rings. The lowest BCUT2D eigenvalue weighted by Crippen LogP contribution is -3.17. The first-order valence-electron chi connectivity index (χ1n) is 7.68. The first kappa shape index (κ1) is 19.3. The zero-order valence-corrected chi connectivity index (χ0v) is 14.8. The second-order valence-corrected chi connectivity index (χ2v) is 5.63. The van der Waals surface area contributed by atoms with Crippen LogP contribution in [0.3, 0.4) is 0 Å². The normalized spacial score (nSPS) is 13.1. The van der Waals surface area contributed by atoms with Crippen LogP contribution in [0.25, 0.3) is 0 Å². The molecule has 0 saturated carbocycles. The average Bonchev–Trinajstić information content (AvgIpc) is 2.52. The highest BCUT2D eigenvalue weighted by molar-refractivity contribution is 6.31.